The second-order valence-electron chi connectivity index (χ2n) is 6.40. The Morgan fingerprint density at radius 2 is 1.91 bits per heavy atom. The van der Waals surface area contributed by atoms with Gasteiger partial charge in [-0.3, -0.25) is 9.59 Å². The van der Waals surface area contributed by atoms with Crippen molar-refractivity contribution >= 4 is 23.6 Å². The van der Waals surface area contributed by atoms with Crippen molar-refractivity contribution in [3.63, 3.8) is 0 Å². The number of carboxylic acid groups (broad SMARTS) is 1. The highest BCUT2D eigenvalue weighted by molar-refractivity contribution is 5.93. The highest BCUT2D eigenvalue weighted by Crippen LogP contribution is 2.18. The Hall–Kier alpha value is -2.18. The van der Waals surface area contributed by atoms with Gasteiger partial charge in [-0.25, -0.2) is 4.98 Å². The Balaban J connectivity index is 2.81. The summed E-state index contributed by atoms with van der Waals surface area (Å²) in [6.07, 6.45) is 2.12. The Morgan fingerprint density at radius 3 is 2.48 bits per heavy atom. The van der Waals surface area contributed by atoms with Crippen molar-refractivity contribution in [1.82, 2.24) is 9.97 Å². The van der Waals surface area contributed by atoms with E-state index in [0.29, 0.717) is 31.2 Å². The van der Waals surface area contributed by atoms with E-state index in [2.05, 4.69) is 20.6 Å². The molecule has 23 heavy (non-hydrogen) atoms. The number of hydrogen-bond donors (Lipinski definition) is 3. The standard InChI is InChI=1S/C16H26N4O3/c1-5-17-15-18-11(8-6-7-9-13(21)22)10-12(20-15)19-14(23)16(2,3)4/h10H,5-9H2,1-4H3,(H,21,22)(H2,17,18,19,20,23). The monoisotopic (exact) mass is 322 g/mol. The molecule has 1 aromatic heterocycles. The molecule has 0 bridgehead atoms. The van der Waals surface area contributed by atoms with E-state index in [1.165, 1.54) is 0 Å². The number of anilines is 2. The van der Waals surface area contributed by atoms with E-state index in [1.807, 2.05) is 27.7 Å². The average Bonchev–Trinajstić information content (AvgIpc) is 2.42. The minimum absolute atomic E-state index is 0.115. The number of nitrogens with one attached hydrogen (secondary N) is 2. The molecule has 7 nitrogen and oxygen atoms in total. The number of carbonyl (C=O) groups is 2. The van der Waals surface area contributed by atoms with E-state index >= 15 is 0 Å². The molecule has 3 N–H and O–H groups in total. The van der Waals surface area contributed by atoms with Crippen LogP contribution in [-0.2, 0) is 16.0 Å². The smallest absolute Gasteiger partial charge is 0.303 e. The molecule has 1 heterocycles. The van der Waals surface area contributed by atoms with Gasteiger partial charge in [0.25, 0.3) is 0 Å². The molecule has 0 aromatic carbocycles. The van der Waals surface area contributed by atoms with Gasteiger partial charge < -0.3 is 15.7 Å². The summed E-state index contributed by atoms with van der Waals surface area (Å²) < 4.78 is 0. The molecular formula is C16H26N4O3. The minimum Gasteiger partial charge on any atom is -0.481 e. The molecule has 0 aliphatic carbocycles. The number of hydrogen-bond acceptors (Lipinski definition) is 5. The van der Waals surface area contributed by atoms with Gasteiger partial charge in [-0.1, -0.05) is 20.8 Å². The van der Waals surface area contributed by atoms with Crippen molar-refractivity contribution in [3.05, 3.63) is 11.8 Å². The van der Waals surface area contributed by atoms with Gasteiger partial charge in [0.1, 0.15) is 5.82 Å². The predicted octanol–water partition coefficient (Wildman–Crippen LogP) is 2.69. The maximum Gasteiger partial charge on any atom is 0.303 e. The van der Waals surface area contributed by atoms with Crippen LogP contribution >= 0.6 is 0 Å². The summed E-state index contributed by atoms with van der Waals surface area (Å²) in [5.41, 5.74) is 0.274. The summed E-state index contributed by atoms with van der Waals surface area (Å²) in [6, 6.07) is 1.74. The highest BCUT2D eigenvalue weighted by atomic mass is 16.4. The number of carbonyl (C=O) groups excluding carboxylic acids is 1. The molecule has 0 fully saturated rings. The van der Waals surface area contributed by atoms with Gasteiger partial charge in [0.2, 0.25) is 11.9 Å². The van der Waals surface area contributed by atoms with E-state index < -0.39 is 11.4 Å². The van der Waals surface area contributed by atoms with Crippen LogP contribution in [0.25, 0.3) is 0 Å². The first-order valence-electron chi connectivity index (χ1n) is 7.87. The third-order valence-corrected chi connectivity index (χ3v) is 3.11. The SMILES string of the molecule is CCNc1nc(CCCCC(=O)O)cc(NC(=O)C(C)(C)C)n1. The third-order valence-electron chi connectivity index (χ3n) is 3.11. The van der Waals surface area contributed by atoms with Crippen LogP contribution < -0.4 is 10.6 Å². The molecule has 1 amide bonds. The number of nitrogens with zero attached hydrogens (tertiary/aromatic N) is 2. The average molecular weight is 322 g/mol. The summed E-state index contributed by atoms with van der Waals surface area (Å²) in [5, 5.41) is 14.5. The van der Waals surface area contributed by atoms with Gasteiger partial charge in [-0.2, -0.15) is 4.98 Å². The fourth-order valence-corrected chi connectivity index (χ4v) is 1.81. The molecule has 0 spiro atoms. The van der Waals surface area contributed by atoms with Crippen LogP contribution in [0.15, 0.2) is 6.07 Å². The van der Waals surface area contributed by atoms with Crippen LogP contribution in [0.3, 0.4) is 0 Å². The molecule has 7 heteroatoms. The summed E-state index contributed by atoms with van der Waals surface area (Å²) in [6.45, 7) is 8.12. The number of aliphatic carboxylic acids is 1. The van der Waals surface area contributed by atoms with Crippen molar-refractivity contribution in [2.75, 3.05) is 17.2 Å². The number of aromatic nitrogens is 2. The normalized spacial score (nSPS) is 11.1. The quantitative estimate of drug-likeness (QED) is 0.636. The van der Waals surface area contributed by atoms with Gasteiger partial charge >= 0.3 is 5.97 Å². The second kappa shape index (κ2) is 8.45. The van der Waals surface area contributed by atoms with Crippen LogP contribution in [-0.4, -0.2) is 33.5 Å². The zero-order valence-corrected chi connectivity index (χ0v) is 14.3. The van der Waals surface area contributed by atoms with E-state index in [9.17, 15) is 9.59 Å². The molecule has 0 saturated carbocycles. The molecule has 1 aromatic rings. The zero-order valence-electron chi connectivity index (χ0n) is 14.3. The predicted molar refractivity (Wildman–Crippen MR) is 89.5 cm³/mol. The maximum absolute atomic E-state index is 12.1. The number of unbranched alkanes of at least 4 members (excludes halogenated alkanes) is 1. The van der Waals surface area contributed by atoms with Crippen LogP contribution in [0.4, 0.5) is 11.8 Å². The lowest BCUT2D eigenvalue weighted by molar-refractivity contribution is -0.137. The van der Waals surface area contributed by atoms with E-state index in [-0.39, 0.29) is 12.3 Å². The van der Waals surface area contributed by atoms with Gasteiger partial charge in [-0.15, -0.1) is 0 Å². The Labute approximate surface area is 136 Å². The van der Waals surface area contributed by atoms with E-state index in [4.69, 9.17) is 5.11 Å². The summed E-state index contributed by atoms with van der Waals surface area (Å²) >= 11 is 0. The van der Waals surface area contributed by atoms with Gasteiger partial charge in [0, 0.05) is 30.1 Å². The molecule has 0 unspecified atom stereocenters. The highest BCUT2D eigenvalue weighted by Gasteiger charge is 2.22. The van der Waals surface area contributed by atoms with Gasteiger partial charge in [-0.05, 0) is 26.2 Å². The van der Waals surface area contributed by atoms with Crippen molar-refractivity contribution in [1.29, 1.82) is 0 Å². The lowest BCUT2D eigenvalue weighted by Gasteiger charge is -2.18. The van der Waals surface area contributed by atoms with Crippen LogP contribution in [0.5, 0.6) is 0 Å². The first kappa shape index (κ1) is 18.9. The Bertz CT molecular complexity index is 553. The third kappa shape index (κ3) is 7.08. The fourth-order valence-electron chi connectivity index (χ4n) is 1.81. The molecule has 0 saturated heterocycles. The Kier molecular flexibility index (Phi) is 6.93. The number of carboxylic acids is 1. The molecular weight excluding hydrogens is 296 g/mol. The first-order chi connectivity index (χ1) is 10.7. The Morgan fingerprint density at radius 1 is 1.22 bits per heavy atom. The van der Waals surface area contributed by atoms with Crippen LogP contribution in [0, 0.1) is 5.41 Å². The van der Waals surface area contributed by atoms with Crippen molar-refractivity contribution < 1.29 is 14.7 Å². The molecule has 128 valence electrons. The van der Waals surface area contributed by atoms with Gasteiger partial charge in [0.15, 0.2) is 0 Å². The molecule has 0 aliphatic rings. The van der Waals surface area contributed by atoms with Crippen molar-refractivity contribution in [2.24, 2.45) is 5.41 Å². The van der Waals surface area contributed by atoms with Crippen LogP contribution in [0.1, 0.15) is 52.7 Å². The minimum atomic E-state index is -0.792. The molecule has 0 aliphatic heterocycles. The van der Waals surface area contributed by atoms with Crippen LogP contribution in [0.2, 0.25) is 0 Å². The molecule has 0 atom stereocenters. The number of aryl methyl sites for hydroxylation is 1. The summed E-state index contributed by atoms with van der Waals surface area (Å²) in [7, 11) is 0. The van der Waals surface area contributed by atoms with Crippen molar-refractivity contribution in [2.45, 2.75) is 53.4 Å². The topological polar surface area (TPSA) is 104 Å². The van der Waals surface area contributed by atoms with E-state index in [0.717, 1.165) is 12.1 Å². The largest absolute Gasteiger partial charge is 0.481 e. The van der Waals surface area contributed by atoms with Gasteiger partial charge in [0.05, 0.1) is 0 Å². The first-order valence-corrected chi connectivity index (χ1v) is 7.87. The number of amides is 1. The fraction of sp³-hybridized carbons (Fsp3) is 0.625. The van der Waals surface area contributed by atoms with Crippen molar-refractivity contribution in [3.8, 4) is 0 Å². The molecule has 0 radical (unpaired) electrons. The van der Waals surface area contributed by atoms with E-state index in [1.54, 1.807) is 6.07 Å². The second-order valence-corrected chi connectivity index (χ2v) is 6.40. The number of rotatable bonds is 8. The zero-order chi connectivity index (χ0) is 17.5. The summed E-state index contributed by atoms with van der Waals surface area (Å²) in [4.78, 5) is 31.3. The molecule has 1 rings (SSSR count). The lowest BCUT2D eigenvalue weighted by Crippen LogP contribution is -2.28. The summed E-state index contributed by atoms with van der Waals surface area (Å²) in [5.74, 6) is 0.0196. The lowest BCUT2D eigenvalue weighted by atomic mass is 9.96. The maximum atomic E-state index is 12.1.